The van der Waals surface area contributed by atoms with Crippen molar-refractivity contribution in [1.82, 2.24) is 15.2 Å². The molecule has 1 aromatic heterocycles. The Kier molecular flexibility index (Phi) is 3.47. The molecule has 5 nitrogen and oxygen atoms in total. The average molecular weight is 284 g/mol. The topological polar surface area (TPSA) is 60.3 Å². The van der Waals surface area contributed by atoms with Crippen molar-refractivity contribution in [3.05, 3.63) is 36.9 Å². The summed E-state index contributed by atoms with van der Waals surface area (Å²) in [6, 6.07) is 7.71. The summed E-state index contributed by atoms with van der Waals surface area (Å²) in [5, 5.41) is 8.93. The Morgan fingerprint density at radius 3 is 3.00 bits per heavy atom. The summed E-state index contributed by atoms with van der Waals surface area (Å²) in [5.41, 5.74) is 2.30. The van der Waals surface area contributed by atoms with Gasteiger partial charge in [-0.3, -0.25) is 0 Å². The molecule has 6 heteroatoms. The van der Waals surface area contributed by atoms with Crippen molar-refractivity contribution >= 4 is 23.3 Å². The number of hydrogen-bond donors (Lipinski definition) is 0. The molecule has 0 unspecified atom stereocenters. The van der Waals surface area contributed by atoms with Crippen LogP contribution in [0.5, 0.6) is 5.88 Å². The molecule has 100 valence electrons. The lowest BCUT2D eigenvalue weighted by Crippen LogP contribution is -2.06. The summed E-state index contributed by atoms with van der Waals surface area (Å²) in [6.07, 6.45) is 1.79. The first-order chi connectivity index (χ1) is 9.78. The first-order valence-electron chi connectivity index (χ1n) is 6.09. The number of benzene rings is 1. The van der Waals surface area contributed by atoms with E-state index in [1.165, 1.54) is 11.8 Å². The Hall–Kier alpha value is -2.21. The average Bonchev–Trinajstić information content (AvgIpc) is 2.59. The number of rotatable bonds is 3. The van der Waals surface area contributed by atoms with Crippen LogP contribution < -0.4 is 4.74 Å². The Labute approximate surface area is 120 Å². The third-order valence-electron chi connectivity index (χ3n) is 2.65. The second kappa shape index (κ2) is 5.42. The largest absolute Gasteiger partial charge is 0.422 e. The van der Waals surface area contributed by atoms with Gasteiger partial charge in [0.25, 0.3) is 5.88 Å². The highest BCUT2D eigenvalue weighted by atomic mass is 32.2. The smallest absolute Gasteiger partial charge is 0.251 e. The Balaban J connectivity index is 2.10. The molecule has 1 aliphatic rings. The van der Waals surface area contributed by atoms with E-state index >= 15 is 0 Å². The van der Waals surface area contributed by atoms with Crippen molar-refractivity contribution in [2.45, 2.75) is 12.1 Å². The van der Waals surface area contributed by atoms with Crippen LogP contribution in [0.15, 0.2) is 47.1 Å². The molecular weight excluding hydrogens is 272 g/mol. The van der Waals surface area contributed by atoms with E-state index in [1.807, 2.05) is 24.3 Å². The second-order valence-electron chi connectivity index (χ2n) is 4.10. The molecular formula is C14H12N4OS. The number of hydrogen-bond acceptors (Lipinski definition) is 6. The van der Waals surface area contributed by atoms with Gasteiger partial charge in [0, 0.05) is 18.2 Å². The lowest BCUT2D eigenvalue weighted by Gasteiger charge is -2.06. The molecule has 0 saturated heterocycles. The van der Waals surface area contributed by atoms with Gasteiger partial charge in [-0.2, -0.15) is 4.98 Å². The van der Waals surface area contributed by atoms with E-state index in [1.54, 1.807) is 13.0 Å². The molecule has 0 spiro atoms. The molecule has 0 bridgehead atoms. The Morgan fingerprint density at radius 1 is 1.30 bits per heavy atom. The van der Waals surface area contributed by atoms with Gasteiger partial charge >= 0.3 is 0 Å². The predicted octanol–water partition coefficient (Wildman–Crippen LogP) is 3.26. The molecule has 0 fully saturated rings. The maximum atomic E-state index is 5.66. The molecule has 0 amide bonds. The van der Waals surface area contributed by atoms with Crippen molar-refractivity contribution in [1.29, 1.82) is 0 Å². The molecule has 0 radical (unpaired) electrons. The summed E-state index contributed by atoms with van der Waals surface area (Å²) >= 11 is 1.46. The summed E-state index contributed by atoms with van der Waals surface area (Å²) in [6.45, 7) is 5.47. The fourth-order valence-corrected chi connectivity index (χ4v) is 2.35. The third-order valence-corrected chi connectivity index (χ3v) is 3.48. The standard InChI is InChI=1S/C14H12N4OS/c1-3-8-20-14-16-13-12(17-18-14)10-6-4-5-7-11(10)15-9(2)19-13/h3-7H,1,8H2,2H3. The summed E-state index contributed by atoms with van der Waals surface area (Å²) in [5.74, 6) is 1.71. The highest BCUT2D eigenvalue weighted by Gasteiger charge is 2.20. The lowest BCUT2D eigenvalue weighted by atomic mass is 10.1. The zero-order chi connectivity index (χ0) is 13.9. The van der Waals surface area contributed by atoms with Crippen LogP contribution in [0.25, 0.3) is 11.3 Å². The van der Waals surface area contributed by atoms with Gasteiger partial charge in [-0.15, -0.1) is 16.8 Å². The van der Waals surface area contributed by atoms with E-state index in [0.717, 1.165) is 17.0 Å². The fourth-order valence-electron chi connectivity index (χ4n) is 1.84. The van der Waals surface area contributed by atoms with Crippen LogP contribution in [0.3, 0.4) is 0 Å². The number of nitrogens with zero attached hydrogens (tertiary/aromatic N) is 4. The van der Waals surface area contributed by atoms with Gasteiger partial charge < -0.3 is 4.74 Å². The number of aromatic nitrogens is 3. The van der Waals surface area contributed by atoms with Crippen molar-refractivity contribution in [2.75, 3.05) is 5.75 Å². The number of fused-ring (bicyclic) bond motifs is 3. The minimum Gasteiger partial charge on any atom is -0.422 e. The minimum atomic E-state index is 0.442. The maximum absolute atomic E-state index is 5.66. The normalized spacial score (nSPS) is 12.6. The Morgan fingerprint density at radius 2 is 2.15 bits per heavy atom. The highest BCUT2D eigenvalue weighted by molar-refractivity contribution is 7.99. The minimum absolute atomic E-state index is 0.442. The Bertz CT molecular complexity index is 699. The van der Waals surface area contributed by atoms with E-state index < -0.39 is 0 Å². The molecule has 2 heterocycles. The van der Waals surface area contributed by atoms with Crippen LogP contribution in [0.1, 0.15) is 6.92 Å². The molecule has 0 atom stereocenters. The van der Waals surface area contributed by atoms with Gasteiger partial charge in [0.1, 0.15) is 0 Å². The zero-order valence-corrected chi connectivity index (χ0v) is 11.7. The number of thioether (sulfide) groups is 1. The van der Waals surface area contributed by atoms with E-state index in [4.69, 9.17) is 4.74 Å². The van der Waals surface area contributed by atoms with Crippen LogP contribution in [-0.4, -0.2) is 26.8 Å². The molecule has 1 aliphatic heterocycles. The van der Waals surface area contributed by atoms with E-state index in [9.17, 15) is 0 Å². The van der Waals surface area contributed by atoms with Crippen molar-refractivity contribution < 1.29 is 4.74 Å². The molecule has 0 N–H and O–H groups in total. The summed E-state index contributed by atoms with van der Waals surface area (Å²) < 4.78 is 5.66. The number of aliphatic imine (C=N–C) groups is 1. The summed E-state index contributed by atoms with van der Waals surface area (Å²) in [7, 11) is 0. The SMILES string of the molecule is C=CCSc1nnc2c(n1)OC(C)=Nc1ccccc1-2. The second-order valence-corrected chi connectivity index (χ2v) is 5.09. The monoisotopic (exact) mass is 284 g/mol. The van der Waals surface area contributed by atoms with Gasteiger partial charge in [-0.1, -0.05) is 36.0 Å². The van der Waals surface area contributed by atoms with Gasteiger partial charge in [0.15, 0.2) is 11.6 Å². The van der Waals surface area contributed by atoms with Crippen molar-refractivity contribution in [3.8, 4) is 17.1 Å². The van der Waals surface area contributed by atoms with Gasteiger partial charge in [-0.25, -0.2) is 4.99 Å². The molecule has 0 aliphatic carbocycles. The first-order valence-corrected chi connectivity index (χ1v) is 7.07. The molecule has 3 rings (SSSR count). The molecule has 20 heavy (non-hydrogen) atoms. The van der Waals surface area contributed by atoms with Crippen molar-refractivity contribution in [2.24, 2.45) is 4.99 Å². The fraction of sp³-hybridized carbons (Fsp3) is 0.143. The van der Waals surface area contributed by atoms with Crippen LogP contribution in [0, 0.1) is 0 Å². The van der Waals surface area contributed by atoms with Crippen molar-refractivity contribution in [3.63, 3.8) is 0 Å². The van der Waals surface area contributed by atoms with Crippen LogP contribution in [-0.2, 0) is 0 Å². The third kappa shape index (κ3) is 2.42. The van der Waals surface area contributed by atoms with Crippen LogP contribution in [0.4, 0.5) is 5.69 Å². The first kappa shape index (κ1) is 12.8. The van der Waals surface area contributed by atoms with Crippen LogP contribution in [0.2, 0.25) is 0 Å². The predicted molar refractivity (Wildman–Crippen MR) is 79.6 cm³/mol. The van der Waals surface area contributed by atoms with Gasteiger partial charge in [0.05, 0.1) is 5.69 Å². The number of para-hydroxylation sites is 1. The van der Waals surface area contributed by atoms with Gasteiger partial charge in [0.2, 0.25) is 5.16 Å². The van der Waals surface area contributed by atoms with E-state index in [0.29, 0.717) is 22.6 Å². The maximum Gasteiger partial charge on any atom is 0.251 e. The van der Waals surface area contributed by atoms with Gasteiger partial charge in [-0.05, 0) is 6.07 Å². The quantitative estimate of drug-likeness (QED) is 0.639. The molecule has 2 aromatic rings. The zero-order valence-electron chi connectivity index (χ0n) is 10.9. The van der Waals surface area contributed by atoms with E-state index in [-0.39, 0.29) is 0 Å². The van der Waals surface area contributed by atoms with E-state index in [2.05, 4.69) is 26.8 Å². The molecule has 0 saturated carbocycles. The highest BCUT2D eigenvalue weighted by Crippen LogP contribution is 2.36. The van der Waals surface area contributed by atoms with Crippen LogP contribution >= 0.6 is 11.8 Å². The number of ether oxygens (including phenoxy) is 1. The summed E-state index contributed by atoms with van der Waals surface area (Å²) in [4.78, 5) is 8.81. The molecule has 1 aromatic carbocycles. The lowest BCUT2D eigenvalue weighted by molar-refractivity contribution is 0.511.